The third kappa shape index (κ3) is 16.4. The second kappa shape index (κ2) is 27.1. The lowest BCUT2D eigenvalue weighted by atomic mass is 9.94. The van der Waals surface area contributed by atoms with Crippen molar-refractivity contribution in [2.24, 2.45) is 0 Å². The van der Waals surface area contributed by atoms with Crippen LogP contribution < -0.4 is 10.6 Å². The summed E-state index contributed by atoms with van der Waals surface area (Å²) in [5, 5.41) is 5.87. The summed E-state index contributed by atoms with van der Waals surface area (Å²) in [6.07, 6.45) is -9.56. The minimum Gasteiger partial charge on any atom is -0.457 e. The third-order valence-electron chi connectivity index (χ3n) is 13.3. The zero-order chi connectivity index (χ0) is 52.5. The second-order valence-electron chi connectivity index (χ2n) is 20.1. The fraction of sp³-hybridized carbons (Fsp3) is 0.431. The molecule has 7 rings (SSSR count). The summed E-state index contributed by atoms with van der Waals surface area (Å²) in [6.45, 7) is 13.8. The molecule has 5 aromatic carbocycles. The highest BCUT2D eigenvalue weighted by molar-refractivity contribution is 6.74. The predicted molar refractivity (Wildman–Crippen MR) is 279 cm³/mol. The predicted octanol–water partition coefficient (Wildman–Crippen LogP) is 9.18. The molecular weight excluding hydrogens is 961 g/mol. The van der Waals surface area contributed by atoms with Crippen LogP contribution in [0.1, 0.15) is 62.4 Å². The second-order valence-corrected chi connectivity index (χ2v) is 24.9. The Bertz CT molecular complexity index is 2470. The van der Waals surface area contributed by atoms with Crippen molar-refractivity contribution >= 4 is 26.3 Å². The van der Waals surface area contributed by atoms with Gasteiger partial charge >= 0.3 is 12.1 Å². The van der Waals surface area contributed by atoms with E-state index < -0.39 is 81.7 Å². The first-order valence-electron chi connectivity index (χ1n) is 25.2. The molecule has 0 saturated carbocycles. The molecule has 2 aliphatic rings. The zero-order valence-electron chi connectivity index (χ0n) is 43.5. The first-order chi connectivity index (χ1) is 35.6. The Balaban J connectivity index is 1.33. The van der Waals surface area contributed by atoms with Gasteiger partial charge < -0.3 is 57.7 Å². The van der Waals surface area contributed by atoms with Crippen molar-refractivity contribution in [1.82, 2.24) is 10.6 Å². The maximum Gasteiger partial charge on any atom is 0.407 e. The molecule has 0 radical (unpaired) electrons. The van der Waals surface area contributed by atoms with Crippen molar-refractivity contribution in [3.8, 4) is 0 Å². The van der Waals surface area contributed by atoms with E-state index in [2.05, 4.69) is 44.5 Å². The molecule has 2 heterocycles. The average Bonchev–Trinajstić information content (AvgIpc) is 3.38. The number of hydrogen-bond acceptors (Lipinski definition) is 13. The molecule has 2 amide bonds. The van der Waals surface area contributed by atoms with Crippen LogP contribution in [0.15, 0.2) is 152 Å². The molecule has 396 valence electrons. The van der Waals surface area contributed by atoms with Crippen LogP contribution in [0.3, 0.4) is 0 Å². The fourth-order valence-electron chi connectivity index (χ4n) is 8.52. The SMILES string of the molecule is CC(=O)N[C@H]1[C@H](O[Si](C)(C)C(C)(C)C)O[C@H](COCc2ccccc2)[C@@H](O[C@@H]2O[C@H](COCc3ccccc3)[C@@H](OC(C)=O)[C@H](OCc3ccccc3)[C@H]2NC(=O)OCc2ccccc2)[C@@H]1OCc1ccccc1. The van der Waals surface area contributed by atoms with Gasteiger partial charge in [-0.1, -0.05) is 172 Å². The highest BCUT2D eigenvalue weighted by Crippen LogP contribution is 2.41. The van der Waals surface area contributed by atoms with Crippen LogP contribution in [-0.4, -0.2) is 101 Å². The number of nitrogens with one attached hydrogen (secondary N) is 2. The normalized spacial score (nSPS) is 24.1. The van der Waals surface area contributed by atoms with Gasteiger partial charge in [-0.05, 0) is 45.9 Å². The number of carbonyl (C=O) groups excluding carboxylic acids is 3. The smallest absolute Gasteiger partial charge is 0.407 e. The van der Waals surface area contributed by atoms with Crippen LogP contribution in [0.4, 0.5) is 4.79 Å². The summed E-state index contributed by atoms with van der Waals surface area (Å²) in [5.74, 6) is -0.960. The van der Waals surface area contributed by atoms with Crippen molar-refractivity contribution in [3.63, 3.8) is 0 Å². The lowest BCUT2D eigenvalue weighted by molar-refractivity contribution is -0.336. The molecule has 2 fully saturated rings. The number of rotatable bonds is 23. The average molecular weight is 1030 g/mol. The van der Waals surface area contributed by atoms with Crippen molar-refractivity contribution < 1.29 is 61.4 Å². The largest absolute Gasteiger partial charge is 0.457 e. The van der Waals surface area contributed by atoms with Gasteiger partial charge in [-0.3, -0.25) is 9.59 Å². The number of amides is 2. The first kappa shape index (κ1) is 55.9. The molecule has 5 aromatic rings. The van der Waals surface area contributed by atoms with Crippen LogP contribution in [-0.2, 0) is 89.7 Å². The highest BCUT2D eigenvalue weighted by atomic mass is 28.4. The number of carbonyl (C=O) groups is 3. The zero-order valence-corrected chi connectivity index (χ0v) is 44.5. The quantitative estimate of drug-likeness (QED) is 0.0470. The summed E-state index contributed by atoms with van der Waals surface area (Å²) < 4.78 is 66.9. The number of hydrogen-bond donors (Lipinski definition) is 2. The maximum atomic E-state index is 14.2. The van der Waals surface area contributed by atoms with Gasteiger partial charge in [0.05, 0.1) is 39.6 Å². The summed E-state index contributed by atoms with van der Waals surface area (Å²) in [7, 11) is -2.63. The Hall–Kier alpha value is -5.79. The molecule has 10 atom stereocenters. The molecule has 0 spiro atoms. The van der Waals surface area contributed by atoms with Crippen LogP contribution in [0.2, 0.25) is 18.1 Å². The van der Waals surface area contributed by atoms with Gasteiger partial charge in [-0.15, -0.1) is 0 Å². The Labute approximate surface area is 436 Å². The monoisotopic (exact) mass is 1030 g/mol. The Morgan fingerprint density at radius 3 is 1.34 bits per heavy atom. The van der Waals surface area contributed by atoms with Crippen LogP contribution in [0, 0.1) is 0 Å². The molecule has 0 unspecified atom stereocenters. The van der Waals surface area contributed by atoms with Crippen LogP contribution in [0.5, 0.6) is 0 Å². The maximum absolute atomic E-state index is 14.2. The molecule has 2 saturated heterocycles. The Kier molecular flexibility index (Phi) is 20.5. The molecule has 2 aliphatic heterocycles. The molecule has 16 heteroatoms. The van der Waals surface area contributed by atoms with Gasteiger partial charge in [0, 0.05) is 13.8 Å². The molecule has 74 heavy (non-hydrogen) atoms. The Morgan fingerprint density at radius 1 is 0.514 bits per heavy atom. The van der Waals surface area contributed by atoms with E-state index in [4.69, 9.17) is 47.1 Å². The van der Waals surface area contributed by atoms with E-state index in [0.717, 1.165) is 27.8 Å². The van der Waals surface area contributed by atoms with E-state index in [9.17, 15) is 14.4 Å². The Morgan fingerprint density at radius 2 is 0.905 bits per heavy atom. The summed E-state index contributed by atoms with van der Waals surface area (Å²) >= 11 is 0. The van der Waals surface area contributed by atoms with E-state index in [1.165, 1.54) is 13.8 Å². The molecule has 2 N–H and O–H groups in total. The summed E-state index contributed by atoms with van der Waals surface area (Å²) in [5.41, 5.74) is 4.28. The lowest BCUT2D eigenvalue weighted by Gasteiger charge is -2.51. The number of esters is 1. The lowest BCUT2D eigenvalue weighted by Crippen LogP contribution is -2.71. The molecule has 15 nitrogen and oxygen atoms in total. The first-order valence-corrected chi connectivity index (χ1v) is 28.1. The molecule has 0 bridgehead atoms. The van der Waals surface area contributed by atoms with E-state index in [1.54, 1.807) is 0 Å². The highest BCUT2D eigenvalue weighted by Gasteiger charge is 2.56. The summed E-state index contributed by atoms with van der Waals surface area (Å²) in [6, 6.07) is 45.6. The molecule has 0 aliphatic carbocycles. The van der Waals surface area contributed by atoms with E-state index in [1.807, 2.05) is 152 Å². The van der Waals surface area contributed by atoms with Gasteiger partial charge in [0.1, 0.15) is 49.2 Å². The number of alkyl carbamates (subject to hydrolysis) is 1. The van der Waals surface area contributed by atoms with Gasteiger partial charge in [-0.25, -0.2) is 4.79 Å². The van der Waals surface area contributed by atoms with Gasteiger partial charge in [0.25, 0.3) is 0 Å². The van der Waals surface area contributed by atoms with E-state index >= 15 is 0 Å². The fourth-order valence-corrected chi connectivity index (χ4v) is 9.66. The van der Waals surface area contributed by atoms with Crippen LogP contribution in [0.25, 0.3) is 0 Å². The minimum atomic E-state index is -2.63. The van der Waals surface area contributed by atoms with Gasteiger partial charge in [0.2, 0.25) is 5.91 Å². The minimum absolute atomic E-state index is 0.0214. The van der Waals surface area contributed by atoms with E-state index in [0.29, 0.717) is 0 Å². The van der Waals surface area contributed by atoms with Crippen LogP contribution >= 0.6 is 0 Å². The third-order valence-corrected chi connectivity index (χ3v) is 17.8. The van der Waals surface area contributed by atoms with Crippen molar-refractivity contribution in [3.05, 3.63) is 179 Å². The van der Waals surface area contributed by atoms with Gasteiger partial charge in [-0.2, -0.15) is 0 Å². The van der Waals surface area contributed by atoms with Crippen molar-refractivity contribution in [1.29, 1.82) is 0 Å². The number of benzene rings is 5. The standard InChI is InChI=1S/C58H72N2O13Si/c1-40(61)59-50-54(67-36-45-29-19-11-20-30-45)52(48(39-65-34-43-25-15-9-16-26-43)71-56(50)73-74(6,7)58(3,4)5)72-55-49(60-57(63)68-37-46-31-21-12-22-32-46)53(66-35-44-27-17-10-18-28-44)51(69-41(2)62)47(70-55)38-64-33-42-23-13-8-14-24-42/h8-32,47-56H,33-39H2,1-7H3,(H,59,61)(H,60,63)/t47-,48-,49-,50-,51-,52-,53-,54-,55+,56+/m1/s1. The molecule has 0 aromatic heterocycles. The van der Waals surface area contributed by atoms with Gasteiger partial charge in [0.15, 0.2) is 27.0 Å². The summed E-state index contributed by atoms with van der Waals surface area (Å²) in [4.78, 5) is 40.8. The topological polar surface area (TPSA) is 168 Å². The molecular formula is C58H72N2O13Si. The van der Waals surface area contributed by atoms with Crippen molar-refractivity contribution in [2.75, 3.05) is 13.2 Å². The van der Waals surface area contributed by atoms with E-state index in [-0.39, 0.29) is 57.2 Å². The number of ether oxygens (including phenoxy) is 9. The van der Waals surface area contributed by atoms with Crippen molar-refractivity contribution in [2.45, 2.75) is 147 Å².